The molecule has 3 rings (SSSR count). The highest BCUT2D eigenvalue weighted by molar-refractivity contribution is 7.89. The van der Waals surface area contributed by atoms with Crippen LogP contribution >= 0.6 is 11.6 Å². The van der Waals surface area contributed by atoms with Gasteiger partial charge in [0.05, 0.1) is 10.9 Å². The summed E-state index contributed by atoms with van der Waals surface area (Å²) in [6, 6.07) is 3.84. The summed E-state index contributed by atoms with van der Waals surface area (Å²) < 4.78 is 65.8. The zero-order chi connectivity index (χ0) is 19.8. The molecule has 2 heterocycles. The van der Waals surface area contributed by atoms with Crippen LogP contribution in [0.2, 0.25) is 5.02 Å². The van der Waals surface area contributed by atoms with Gasteiger partial charge < -0.3 is 4.90 Å². The molecule has 2 fully saturated rings. The maximum atomic E-state index is 13.0. The van der Waals surface area contributed by atoms with E-state index in [9.17, 15) is 26.4 Å². The normalized spacial score (nSPS) is 22.2. The number of halogens is 4. The minimum atomic E-state index is -4.36. The lowest BCUT2D eigenvalue weighted by Gasteiger charge is -2.33. The van der Waals surface area contributed by atoms with Crippen molar-refractivity contribution in [3.05, 3.63) is 28.8 Å². The molecule has 0 radical (unpaired) electrons. The summed E-state index contributed by atoms with van der Waals surface area (Å²) in [6.07, 6.45) is -2.61. The zero-order valence-electron chi connectivity index (χ0n) is 14.5. The molecule has 0 spiro atoms. The third kappa shape index (κ3) is 4.25. The molecule has 10 heteroatoms. The molecule has 5 nitrogen and oxygen atoms in total. The largest absolute Gasteiger partial charge is 0.393 e. The number of carbonyl (C=O) groups is 1. The standard InChI is InChI=1S/C17H20ClF3N2O3S/c18-14-6-5-12(10-15(14)27(25,26)23-8-1-2-9-23)16(24)22-7-3-4-13(11-22)17(19,20)21/h5-6,10,13H,1-4,7-9,11H2/t13-/m0/s1. The Kier molecular flexibility index (Phi) is 5.74. The van der Waals surface area contributed by atoms with Gasteiger partial charge in [0.15, 0.2) is 0 Å². The van der Waals surface area contributed by atoms with Crippen molar-refractivity contribution >= 4 is 27.5 Å². The lowest BCUT2D eigenvalue weighted by Crippen LogP contribution is -2.44. The first-order chi connectivity index (χ1) is 12.6. The average Bonchev–Trinajstić information content (AvgIpc) is 3.16. The molecular formula is C17H20ClF3N2O3S. The second kappa shape index (κ2) is 7.60. The van der Waals surface area contributed by atoms with E-state index in [1.807, 2.05) is 0 Å². The SMILES string of the molecule is O=C(c1ccc(Cl)c(S(=O)(=O)N2CCCC2)c1)N1CCC[C@H](C(F)(F)F)C1. The summed E-state index contributed by atoms with van der Waals surface area (Å²) in [6.45, 7) is 0.563. The minimum absolute atomic E-state index is 0.00902. The molecule has 0 N–H and O–H groups in total. The summed E-state index contributed by atoms with van der Waals surface area (Å²) in [5, 5.41) is -0.00902. The van der Waals surface area contributed by atoms with Gasteiger partial charge in [0, 0.05) is 31.7 Å². The number of rotatable bonds is 3. The van der Waals surface area contributed by atoms with Gasteiger partial charge >= 0.3 is 6.18 Å². The number of amides is 1. The number of piperidine rings is 1. The van der Waals surface area contributed by atoms with E-state index in [1.165, 1.54) is 22.5 Å². The van der Waals surface area contributed by atoms with E-state index < -0.39 is 34.6 Å². The van der Waals surface area contributed by atoms with Crippen LogP contribution in [0.1, 0.15) is 36.0 Å². The fourth-order valence-electron chi connectivity index (χ4n) is 3.51. The Morgan fingerprint density at radius 2 is 1.78 bits per heavy atom. The first-order valence-corrected chi connectivity index (χ1v) is 10.6. The van der Waals surface area contributed by atoms with Gasteiger partial charge in [-0.1, -0.05) is 11.6 Å². The van der Waals surface area contributed by atoms with Crippen LogP contribution in [0.4, 0.5) is 13.2 Å². The molecule has 1 amide bonds. The molecule has 2 saturated heterocycles. The molecule has 0 unspecified atom stereocenters. The van der Waals surface area contributed by atoms with Crippen LogP contribution in [0.15, 0.2) is 23.1 Å². The van der Waals surface area contributed by atoms with Crippen molar-refractivity contribution in [3.63, 3.8) is 0 Å². The van der Waals surface area contributed by atoms with E-state index >= 15 is 0 Å². The molecule has 0 bridgehead atoms. The first-order valence-electron chi connectivity index (χ1n) is 8.76. The van der Waals surface area contributed by atoms with Gasteiger partial charge in [0.2, 0.25) is 10.0 Å². The molecule has 27 heavy (non-hydrogen) atoms. The molecular weight excluding hydrogens is 405 g/mol. The highest BCUT2D eigenvalue weighted by atomic mass is 35.5. The van der Waals surface area contributed by atoms with E-state index in [2.05, 4.69) is 0 Å². The molecule has 0 saturated carbocycles. The van der Waals surface area contributed by atoms with E-state index in [4.69, 9.17) is 11.6 Å². The van der Waals surface area contributed by atoms with Crippen LogP contribution in [0.25, 0.3) is 0 Å². The molecule has 1 aromatic rings. The number of hydrogen-bond acceptors (Lipinski definition) is 3. The van der Waals surface area contributed by atoms with Crippen molar-refractivity contribution < 1.29 is 26.4 Å². The Morgan fingerprint density at radius 1 is 1.11 bits per heavy atom. The number of alkyl halides is 3. The van der Waals surface area contributed by atoms with E-state index in [0.29, 0.717) is 13.1 Å². The molecule has 2 aliphatic rings. The van der Waals surface area contributed by atoms with Crippen molar-refractivity contribution in [3.8, 4) is 0 Å². The van der Waals surface area contributed by atoms with Crippen LogP contribution in [0.5, 0.6) is 0 Å². The van der Waals surface area contributed by atoms with Gasteiger partial charge in [-0.25, -0.2) is 8.42 Å². The number of carbonyl (C=O) groups excluding carboxylic acids is 1. The zero-order valence-corrected chi connectivity index (χ0v) is 16.1. The van der Waals surface area contributed by atoms with Crippen LogP contribution in [-0.2, 0) is 10.0 Å². The fraction of sp³-hybridized carbons (Fsp3) is 0.588. The summed E-state index contributed by atoms with van der Waals surface area (Å²) >= 11 is 6.05. The Balaban J connectivity index is 1.86. The predicted molar refractivity (Wildman–Crippen MR) is 94.1 cm³/mol. The molecule has 0 aromatic heterocycles. The lowest BCUT2D eigenvalue weighted by molar-refractivity contribution is -0.184. The topological polar surface area (TPSA) is 57.7 Å². The van der Waals surface area contributed by atoms with Gasteiger partial charge in [-0.05, 0) is 43.9 Å². The highest BCUT2D eigenvalue weighted by Crippen LogP contribution is 2.34. The van der Waals surface area contributed by atoms with E-state index in [-0.39, 0.29) is 34.9 Å². The summed E-state index contributed by atoms with van der Waals surface area (Å²) in [7, 11) is -3.84. The van der Waals surface area contributed by atoms with Gasteiger partial charge in [-0.3, -0.25) is 4.79 Å². The number of hydrogen-bond donors (Lipinski definition) is 0. The van der Waals surface area contributed by atoms with Crippen molar-refractivity contribution in [1.82, 2.24) is 9.21 Å². The molecule has 1 aromatic carbocycles. The quantitative estimate of drug-likeness (QED) is 0.745. The van der Waals surface area contributed by atoms with Crippen LogP contribution in [0.3, 0.4) is 0 Å². The Bertz CT molecular complexity index is 823. The summed E-state index contributed by atoms with van der Waals surface area (Å²) in [5.41, 5.74) is 0.0278. The van der Waals surface area contributed by atoms with Gasteiger partial charge in [0.1, 0.15) is 4.90 Å². The van der Waals surface area contributed by atoms with Crippen molar-refractivity contribution in [2.75, 3.05) is 26.2 Å². The van der Waals surface area contributed by atoms with E-state index in [1.54, 1.807) is 0 Å². The molecule has 2 aliphatic heterocycles. The number of sulfonamides is 1. The third-order valence-corrected chi connectivity index (χ3v) is 7.41. The van der Waals surface area contributed by atoms with Crippen LogP contribution in [-0.4, -0.2) is 55.9 Å². The van der Waals surface area contributed by atoms with Gasteiger partial charge in [-0.15, -0.1) is 0 Å². The molecule has 150 valence electrons. The van der Waals surface area contributed by atoms with Gasteiger partial charge in [-0.2, -0.15) is 17.5 Å². The number of nitrogens with zero attached hydrogens (tertiary/aromatic N) is 2. The maximum absolute atomic E-state index is 13.0. The Labute approximate surface area is 161 Å². The summed E-state index contributed by atoms with van der Waals surface area (Å²) in [5.74, 6) is -2.17. The van der Waals surface area contributed by atoms with Crippen LogP contribution < -0.4 is 0 Å². The van der Waals surface area contributed by atoms with Crippen molar-refractivity contribution in [2.45, 2.75) is 36.8 Å². The second-order valence-electron chi connectivity index (χ2n) is 6.89. The first kappa shape index (κ1) is 20.4. The lowest BCUT2D eigenvalue weighted by atomic mass is 9.97. The third-order valence-electron chi connectivity index (χ3n) is 5.03. The Hall–Kier alpha value is -1.32. The maximum Gasteiger partial charge on any atom is 0.393 e. The van der Waals surface area contributed by atoms with E-state index in [0.717, 1.165) is 17.7 Å². The number of likely N-dealkylation sites (tertiary alicyclic amines) is 1. The van der Waals surface area contributed by atoms with Crippen molar-refractivity contribution in [2.24, 2.45) is 5.92 Å². The fourth-order valence-corrected chi connectivity index (χ4v) is 5.53. The Morgan fingerprint density at radius 3 is 2.41 bits per heavy atom. The van der Waals surface area contributed by atoms with Gasteiger partial charge in [0.25, 0.3) is 5.91 Å². The monoisotopic (exact) mass is 424 g/mol. The molecule has 0 aliphatic carbocycles. The second-order valence-corrected chi connectivity index (χ2v) is 9.20. The molecule has 1 atom stereocenters. The number of benzene rings is 1. The highest BCUT2D eigenvalue weighted by Gasteiger charge is 2.43. The van der Waals surface area contributed by atoms with Crippen molar-refractivity contribution in [1.29, 1.82) is 0 Å². The minimum Gasteiger partial charge on any atom is -0.338 e. The summed E-state index contributed by atoms with van der Waals surface area (Å²) in [4.78, 5) is 13.6. The average molecular weight is 425 g/mol. The van der Waals surface area contributed by atoms with Crippen LogP contribution in [0, 0.1) is 5.92 Å². The smallest absolute Gasteiger partial charge is 0.338 e. The predicted octanol–water partition coefficient (Wildman–Crippen LogP) is 3.54.